The van der Waals surface area contributed by atoms with E-state index in [9.17, 15) is 14.9 Å². The zero-order valence-electron chi connectivity index (χ0n) is 20.3. The fourth-order valence-electron chi connectivity index (χ4n) is 3.74. The SMILES string of the molecule is CCOc1cc(C(=O)N(C)c2cc(C)c3ncc(-c4ccc(NC(=O)OC)nc4)n3c2)ccc1C#N. The monoisotopic (exact) mass is 484 g/mol. The van der Waals surface area contributed by atoms with Crippen LogP contribution >= 0.6 is 0 Å². The number of rotatable bonds is 6. The summed E-state index contributed by atoms with van der Waals surface area (Å²) in [5.41, 5.74) is 4.60. The molecule has 0 unspecified atom stereocenters. The average Bonchev–Trinajstić information content (AvgIpc) is 3.33. The molecule has 36 heavy (non-hydrogen) atoms. The molecule has 0 aliphatic rings. The number of ether oxygens (including phenoxy) is 2. The summed E-state index contributed by atoms with van der Waals surface area (Å²) in [6.07, 6.45) is 4.58. The summed E-state index contributed by atoms with van der Waals surface area (Å²) in [6, 6.07) is 12.2. The molecule has 0 saturated carbocycles. The number of aromatic nitrogens is 3. The summed E-state index contributed by atoms with van der Waals surface area (Å²) in [7, 11) is 2.97. The summed E-state index contributed by atoms with van der Waals surface area (Å²) in [5.74, 6) is 0.483. The number of aryl methyl sites for hydroxylation is 1. The Labute approximate surface area is 207 Å². The molecule has 0 bridgehead atoms. The third-order valence-corrected chi connectivity index (χ3v) is 5.59. The van der Waals surface area contributed by atoms with E-state index in [2.05, 4.69) is 26.1 Å². The molecular weight excluding hydrogens is 460 g/mol. The molecule has 10 heteroatoms. The van der Waals surface area contributed by atoms with Gasteiger partial charge in [-0.25, -0.2) is 14.8 Å². The minimum absolute atomic E-state index is 0.249. The first-order valence-electron chi connectivity index (χ1n) is 11.1. The number of fused-ring (bicyclic) bond motifs is 1. The van der Waals surface area contributed by atoms with Gasteiger partial charge in [0.15, 0.2) is 0 Å². The van der Waals surface area contributed by atoms with Gasteiger partial charge in [-0.2, -0.15) is 5.26 Å². The first-order chi connectivity index (χ1) is 17.4. The van der Waals surface area contributed by atoms with Crippen LogP contribution in [0.4, 0.5) is 16.3 Å². The van der Waals surface area contributed by atoms with Crippen molar-refractivity contribution in [2.75, 3.05) is 31.0 Å². The highest BCUT2D eigenvalue weighted by Crippen LogP contribution is 2.28. The van der Waals surface area contributed by atoms with Crippen LogP contribution in [-0.4, -0.2) is 47.1 Å². The summed E-state index contributed by atoms with van der Waals surface area (Å²) >= 11 is 0. The van der Waals surface area contributed by atoms with E-state index in [0.717, 1.165) is 22.5 Å². The van der Waals surface area contributed by atoms with Crippen molar-refractivity contribution in [3.05, 3.63) is 71.7 Å². The standard InChI is InChI=1S/C26H24N6O4/c1-5-36-22-11-17(6-7-18(22)12-27)25(33)31(3)20-10-16(2)24-29-14-21(32(24)15-20)19-8-9-23(28-13-19)30-26(34)35-4/h6-11,13-15H,5H2,1-4H3,(H,28,30,34). The Morgan fingerprint density at radius 3 is 2.64 bits per heavy atom. The first-order valence-corrected chi connectivity index (χ1v) is 11.1. The number of hydrogen-bond donors (Lipinski definition) is 1. The molecule has 4 rings (SSSR count). The number of amides is 2. The summed E-state index contributed by atoms with van der Waals surface area (Å²) in [5, 5.41) is 11.8. The van der Waals surface area contributed by atoms with Gasteiger partial charge >= 0.3 is 6.09 Å². The van der Waals surface area contributed by atoms with Gasteiger partial charge in [-0.3, -0.25) is 14.5 Å². The van der Waals surface area contributed by atoms with Gasteiger partial charge in [0.25, 0.3) is 5.91 Å². The molecule has 2 amide bonds. The maximum atomic E-state index is 13.3. The second kappa shape index (κ2) is 10.1. The lowest BCUT2D eigenvalue weighted by atomic mass is 10.1. The molecule has 182 valence electrons. The lowest BCUT2D eigenvalue weighted by Crippen LogP contribution is -2.26. The Balaban J connectivity index is 1.68. The van der Waals surface area contributed by atoms with Crippen LogP contribution in [0.25, 0.3) is 16.9 Å². The van der Waals surface area contributed by atoms with Crippen LogP contribution in [0.5, 0.6) is 5.75 Å². The molecule has 0 radical (unpaired) electrons. The molecule has 3 aromatic heterocycles. The molecule has 0 aliphatic carbocycles. The van der Waals surface area contributed by atoms with Crippen LogP contribution in [0, 0.1) is 18.3 Å². The van der Waals surface area contributed by atoms with E-state index in [1.165, 1.54) is 12.0 Å². The Bertz CT molecular complexity index is 1490. The second-order valence-electron chi connectivity index (χ2n) is 7.89. The van der Waals surface area contributed by atoms with E-state index in [4.69, 9.17) is 4.74 Å². The van der Waals surface area contributed by atoms with Crippen LogP contribution in [0.15, 0.2) is 55.0 Å². The maximum Gasteiger partial charge on any atom is 0.412 e. The topological polar surface area (TPSA) is 122 Å². The number of carbonyl (C=O) groups is 2. The highest BCUT2D eigenvalue weighted by Gasteiger charge is 2.19. The van der Waals surface area contributed by atoms with E-state index in [1.54, 1.807) is 43.7 Å². The van der Waals surface area contributed by atoms with Gasteiger partial charge in [-0.15, -0.1) is 0 Å². The molecule has 1 N–H and O–H groups in total. The Morgan fingerprint density at radius 2 is 1.97 bits per heavy atom. The minimum Gasteiger partial charge on any atom is -0.492 e. The normalized spacial score (nSPS) is 10.5. The average molecular weight is 485 g/mol. The van der Waals surface area contributed by atoms with E-state index in [1.807, 2.05) is 36.6 Å². The van der Waals surface area contributed by atoms with E-state index in [0.29, 0.717) is 35.0 Å². The number of nitrogens with zero attached hydrogens (tertiary/aromatic N) is 5. The quantitative estimate of drug-likeness (QED) is 0.430. The van der Waals surface area contributed by atoms with Crippen molar-refractivity contribution in [1.82, 2.24) is 14.4 Å². The van der Waals surface area contributed by atoms with Crippen molar-refractivity contribution < 1.29 is 19.1 Å². The predicted octanol–water partition coefficient (Wildman–Crippen LogP) is 4.43. The van der Waals surface area contributed by atoms with Crippen molar-refractivity contribution in [2.45, 2.75) is 13.8 Å². The predicted molar refractivity (Wildman–Crippen MR) is 134 cm³/mol. The molecule has 10 nitrogen and oxygen atoms in total. The molecular formula is C26H24N6O4. The van der Waals surface area contributed by atoms with Gasteiger partial charge in [0.05, 0.1) is 36.9 Å². The molecule has 0 aliphatic heterocycles. The molecule has 0 atom stereocenters. The van der Waals surface area contributed by atoms with Crippen molar-refractivity contribution in [3.8, 4) is 23.1 Å². The molecule has 4 aromatic rings. The maximum absolute atomic E-state index is 13.3. The third kappa shape index (κ3) is 4.67. The number of nitriles is 1. The number of pyridine rings is 2. The van der Waals surface area contributed by atoms with Crippen molar-refractivity contribution >= 4 is 29.2 Å². The Kier molecular flexibility index (Phi) is 6.83. The number of hydrogen-bond acceptors (Lipinski definition) is 7. The molecule has 0 fully saturated rings. The van der Waals surface area contributed by atoms with Crippen molar-refractivity contribution in [1.29, 1.82) is 5.26 Å². The number of carbonyl (C=O) groups excluding carboxylic acids is 2. The minimum atomic E-state index is -0.603. The highest BCUT2D eigenvalue weighted by atomic mass is 16.5. The number of anilines is 2. The zero-order valence-corrected chi connectivity index (χ0v) is 20.3. The largest absolute Gasteiger partial charge is 0.492 e. The Hall–Kier alpha value is -4.91. The molecule has 1 aromatic carbocycles. The molecule has 0 spiro atoms. The summed E-state index contributed by atoms with van der Waals surface area (Å²) < 4.78 is 12.0. The fourth-order valence-corrected chi connectivity index (χ4v) is 3.74. The summed E-state index contributed by atoms with van der Waals surface area (Å²) in [6.45, 7) is 4.13. The summed E-state index contributed by atoms with van der Waals surface area (Å²) in [4.78, 5) is 35.0. The van der Waals surface area contributed by atoms with Gasteiger partial charge in [0.2, 0.25) is 0 Å². The molecule has 0 saturated heterocycles. The zero-order chi connectivity index (χ0) is 25.8. The lowest BCUT2D eigenvalue weighted by molar-refractivity contribution is 0.0992. The van der Waals surface area contributed by atoms with Gasteiger partial charge in [0, 0.05) is 30.6 Å². The van der Waals surface area contributed by atoms with Gasteiger partial charge in [-0.05, 0) is 55.8 Å². The van der Waals surface area contributed by atoms with Gasteiger partial charge < -0.3 is 14.4 Å². The molecule has 3 heterocycles. The lowest BCUT2D eigenvalue weighted by Gasteiger charge is -2.19. The number of imidazole rings is 1. The van der Waals surface area contributed by atoms with Crippen LogP contribution < -0.4 is 15.0 Å². The smallest absolute Gasteiger partial charge is 0.412 e. The third-order valence-electron chi connectivity index (χ3n) is 5.59. The number of benzene rings is 1. The van der Waals surface area contributed by atoms with E-state index < -0.39 is 6.09 Å². The van der Waals surface area contributed by atoms with Gasteiger partial charge in [0.1, 0.15) is 23.3 Å². The number of nitrogens with one attached hydrogen (secondary N) is 1. The van der Waals surface area contributed by atoms with Gasteiger partial charge in [-0.1, -0.05) is 0 Å². The second-order valence-corrected chi connectivity index (χ2v) is 7.89. The van der Waals surface area contributed by atoms with Crippen LogP contribution in [0.2, 0.25) is 0 Å². The van der Waals surface area contributed by atoms with E-state index in [-0.39, 0.29) is 5.91 Å². The van der Waals surface area contributed by atoms with Crippen molar-refractivity contribution in [2.24, 2.45) is 0 Å². The Morgan fingerprint density at radius 1 is 1.17 bits per heavy atom. The highest BCUT2D eigenvalue weighted by molar-refractivity contribution is 6.06. The van der Waals surface area contributed by atoms with Crippen molar-refractivity contribution in [3.63, 3.8) is 0 Å². The van der Waals surface area contributed by atoms with Crippen LogP contribution in [-0.2, 0) is 4.74 Å². The van der Waals surface area contributed by atoms with Crippen LogP contribution in [0.1, 0.15) is 28.4 Å². The number of methoxy groups -OCH3 is 1. The fraction of sp³-hybridized carbons (Fsp3) is 0.192. The first kappa shape index (κ1) is 24.2. The van der Waals surface area contributed by atoms with E-state index >= 15 is 0 Å². The van der Waals surface area contributed by atoms with Crippen LogP contribution in [0.3, 0.4) is 0 Å².